The molecule has 3 rings (SSSR count). The molecule has 0 aliphatic heterocycles. The van der Waals surface area contributed by atoms with Crippen LogP contribution in [0, 0.1) is 13.8 Å². The molecule has 0 aliphatic rings. The number of ether oxygens (including phenoxy) is 2. The Kier molecular flexibility index (Phi) is 6.22. The van der Waals surface area contributed by atoms with Crippen molar-refractivity contribution in [1.29, 1.82) is 0 Å². The lowest BCUT2D eigenvalue weighted by atomic mass is 9.98. The van der Waals surface area contributed by atoms with Gasteiger partial charge in [0, 0.05) is 23.5 Å². The van der Waals surface area contributed by atoms with Gasteiger partial charge < -0.3 is 20.1 Å². The fraction of sp³-hybridized carbons (Fsp3) is 0.304. The second kappa shape index (κ2) is 8.82. The van der Waals surface area contributed by atoms with E-state index in [0.29, 0.717) is 23.4 Å². The Morgan fingerprint density at radius 3 is 2.38 bits per heavy atom. The lowest BCUT2D eigenvalue weighted by Gasteiger charge is -2.17. The van der Waals surface area contributed by atoms with Crippen LogP contribution in [0.4, 0.5) is 23.1 Å². The summed E-state index contributed by atoms with van der Waals surface area (Å²) in [5, 5.41) is 6.74. The summed E-state index contributed by atoms with van der Waals surface area (Å²) >= 11 is 0. The molecule has 2 N–H and O–H groups in total. The van der Waals surface area contributed by atoms with Crippen molar-refractivity contribution in [3.05, 3.63) is 59.3 Å². The van der Waals surface area contributed by atoms with Crippen LogP contribution in [0.15, 0.2) is 42.5 Å². The topological polar surface area (TPSA) is 68.3 Å². The molecule has 0 amide bonds. The normalized spacial score (nSPS) is 10.7. The zero-order valence-corrected chi connectivity index (χ0v) is 17.8. The fourth-order valence-electron chi connectivity index (χ4n) is 3.18. The molecule has 0 atom stereocenters. The molecule has 0 fully saturated rings. The van der Waals surface area contributed by atoms with Gasteiger partial charge >= 0.3 is 0 Å². The highest BCUT2D eigenvalue weighted by atomic mass is 16.5. The van der Waals surface area contributed by atoms with E-state index in [2.05, 4.69) is 59.6 Å². The minimum atomic E-state index is 0.392. The summed E-state index contributed by atoms with van der Waals surface area (Å²) < 4.78 is 10.7. The third kappa shape index (κ3) is 4.77. The maximum absolute atomic E-state index is 5.47. The van der Waals surface area contributed by atoms with Crippen molar-refractivity contribution in [2.75, 3.05) is 24.9 Å². The molecule has 2 aromatic carbocycles. The number of para-hydroxylation sites is 1. The van der Waals surface area contributed by atoms with E-state index in [9.17, 15) is 0 Å². The van der Waals surface area contributed by atoms with Crippen molar-refractivity contribution in [3.63, 3.8) is 0 Å². The molecule has 0 saturated carbocycles. The average Bonchev–Trinajstić information content (AvgIpc) is 2.69. The summed E-state index contributed by atoms with van der Waals surface area (Å²) in [6, 6.07) is 13.8. The number of rotatable bonds is 7. The fourth-order valence-corrected chi connectivity index (χ4v) is 3.18. The van der Waals surface area contributed by atoms with Crippen LogP contribution in [0.3, 0.4) is 0 Å². The Hall–Kier alpha value is -3.28. The molecule has 0 bridgehead atoms. The van der Waals surface area contributed by atoms with Crippen LogP contribution < -0.4 is 20.1 Å². The largest absolute Gasteiger partial charge is 0.497 e. The highest BCUT2D eigenvalue weighted by Gasteiger charge is 2.12. The van der Waals surface area contributed by atoms with Crippen LogP contribution in [0.1, 0.15) is 36.6 Å². The van der Waals surface area contributed by atoms with E-state index in [1.807, 2.05) is 31.2 Å². The molecule has 6 heteroatoms. The molecular formula is C23H28N4O2. The maximum Gasteiger partial charge on any atom is 0.229 e. The zero-order chi connectivity index (χ0) is 21.0. The van der Waals surface area contributed by atoms with Crippen molar-refractivity contribution in [1.82, 2.24) is 9.97 Å². The van der Waals surface area contributed by atoms with Gasteiger partial charge in [-0.3, -0.25) is 0 Å². The van der Waals surface area contributed by atoms with Gasteiger partial charge in [-0.2, -0.15) is 4.98 Å². The van der Waals surface area contributed by atoms with Crippen molar-refractivity contribution in [2.24, 2.45) is 0 Å². The van der Waals surface area contributed by atoms with Crippen LogP contribution in [-0.2, 0) is 0 Å². The molecule has 0 aliphatic carbocycles. The summed E-state index contributed by atoms with van der Waals surface area (Å²) in [6.45, 7) is 8.40. The number of nitrogens with zero attached hydrogens (tertiary/aromatic N) is 2. The molecule has 6 nitrogen and oxygen atoms in total. The third-order valence-corrected chi connectivity index (χ3v) is 4.69. The predicted molar refractivity (Wildman–Crippen MR) is 118 cm³/mol. The molecule has 3 aromatic rings. The summed E-state index contributed by atoms with van der Waals surface area (Å²) in [6.07, 6.45) is 0. The van der Waals surface area contributed by atoms with Crippen molar-refractivity contribution in [2.45, 2.75) is 33.6 Å². The molecule has 0 spiro atoms. The van der Waals surface area contributed by atoms with Gasteiger partial charge in [0.2, 0.25) is 5.95 Å². The molecule has 0 saturated heterocycles. The van der Waals surface area contributed by atoms with Crippen LogP contribution in [0.2, 0.25) is 0 Å². The summed E-state index contributed by atoms with van der Waals surface area (Å²) in [4.78, 5) is 9.23. The lowest BCUT2D eigenvalue weighted by molar-refractivity contribution is 0.395. The molecule has 1 aromatic heterocycles. The van der Waals surface area contributed by atoms with E-state index in [0.717, 1.165) is 28.4 Å². The number of nitrogens with one attached hydrogen (secondary N) is 2. The monoisotopic (exact) mass is 392 g/mol. The molecule has 1 heterocycles. The van der Waals surface area contributed by atoms with Crippen molar-refractivity contribution >= 4 is 23.1 Å². The SMILES string of the molecule is COc1ccc(Nc2cc(C)nc(Nc3c(C)cccc3C(C)C)n2)c(OC)c1. The van der Waals surface area contributed by atoms with Crippen molar-refractivity contribution in [3.8, 4) is 11.5 Å². The number of aryl methyl sites for hydroxylation is 2. The van der Waals surface area contributed by atoms with Gasteiger partial charge in [0.25, 0.3) is 0 Å². The number of hydrogen-bond donors (Lipinski definition) is 2. The minimum absolute atomic E-state index is 0.392. The third-order valence-electron chi connectivity index (χ3n) is 4.69. The van der Waals surface area contributed by atoms with Crippen molar-refractivity contribution < 1.29 is 9.47 Å². The van der Waals surface area contributed by atoms with E-state index >= 15 is 0 Å². The molecule has 152 valence electrons. The first-order valence-electron chi connectivity index (χ1n) is 9.62. The maximum atomic E-state index is 5.47. The quantitative estimate of drug-likeness (QED) is 0.536. The highest BCUT2D eigenvalue weighted by molar-refractivity contribution is 5.68. The Morgan fingerprint density at radius 2 is 1.69 bits per heavy atom. The number of hydrogen-bond acceptors (Lipinski definition) is 6. The Bertz CT molecular complexity index is 1000. The first-order chi connectivity index (χ1) is 13.9. The van der Waals surface area contributed by atoms with Gasteiger partial charge in [-0.15, -0.1) is 0 Å². The minimum Gasteiger partial charge on any atom is -0.497 e. The van der Waals surface area contributed by atoms with Gasteiger partial charge in [0.15, 0.2) is 0 Å². The van der Waals surface area contributed by atoms with E-state index in [4.69, 9.17) is 9.47 Å². The molecule has 29 heavy (non-hydrogen) atoms. The number of anilines is 4. The summed E-state index contributed by atoms with van der Waals surface area (Å²) in [5.41, 5.74) is 5.11. The van der Waals surface area contributed by atoms with Gasteiger partial charge in [0.05, 0.1) is 19.9 Å². The second-order valence-electron chi connectivity index (χ2n) is 7.23. The molecule has 0 unspecified atom stereocenters. The van der Waals surface area contributed by atoms with Gasteiger partial charge in [0.1, 0.15) is 17.3 Å². The zero-order valence-electron chi connectivity index (χ0n) is 17.8. The molecule has 0 radical (unpaired) electrons. The van der Waals surface area contributed by atoms with Crippen LogP contribution in [0.5, 0.6) is 11.5 Å². The standard InChI is InChI=1S/C23H28N4O2/c1-14(2)18-9-7-8-15(3)22(18)27-23-24-16(4)12-21(26-23)25-19-11-10-17(28-5)13-20(19)29-6/h7-14H,1-6H3,(H2,24,25,26,27). The second-order valence-corrected chi connectivity index (χ2v) is 7.23. The predicted octanol–water partition coefficient (Wildman–Crippen LogP) is 5.72. The Balaban J connectivity index is 1.92. The van der Waals surface area contributed by atoms with Crippen LogP contribution >= 0.6 is 0 Å². The highest BCUT2D eigenvalue weighted by Crippen LogP contribution is 2.32. The van der Waals surface area contributed by atoms with Gasteiger partial charge in [-0.25, -0.2) is 4.98 Å². The average molecular weight is 393 g/mol. The van der Waals surface area contributed by atoms with E-state index in [-0.39, 0.29) is 0 Å². The number of benzene rings is 2. The van der Waals surface area contributed by atoms with E-state index in [1.54, 1.807) is 14.2 Å². The van der Waals surface area contributed by atoms with Gasteiger partial charge in [-0.1, -0.05) is 32.0 Å². The first-order valence-corrected chi connectivity index (χ1v) is 9.62. The Labute approximate surface area is 172 Å². The smallest absolute Gasteiger partial charge is 0.229 e. The number of methoxy groups -OCH3 is 2. The van der Waals surface area contributed by atoms with E-state index in [1.165, 1.54) is 5.56 Å². The summed E-state index contributed by atoms with van der Waals surface area (Å²) in [7, 11) is 3.26. The molecular weight excluding hydrogens is 364 g/mol. The van der Waals surface area contributed by atoms with Gasteiger partial charge in [-0.05, 0) is 43.0 Å². The van der Waals surface area contributed by atoms with E-state index < -0.39 is 0 Å². The van der Waals surface area contributed by atoms with Crippen LogP contribution in [0.25, 0.3) is 0 Å². The Morgan fingerprint density at radius 1 is 0.897 bits per heavy atom. The number of aromatic nitrogens is 2. The van der Waals surface area contributed by atoms with Crippen LogP contribution in [-0.4, -0.2) is 24.2 Å². The summed E-state index contributed by atoms with van der Waals surface area (Å²) in [5.74, 6) is 3.04. The lowest BCUT2D eigenvalue weighted by Crippen LogP contribution is -2.06. The first kappa shape index (κ1) is 20.5.